The predicted octanol–water partition coefficient (Wildman–Crippen LogP) is 1.87. The maximum atomic E-state index is 12.3. The molecule has 2 N–H and O–H groups in total. The van der Waals surface area contributed by atoms with Gasteiger partial charge in [-0.25, -0.2) is 9.97 Å². The summed E-state index contributed by atoms with van der Waals surface area (Å²) in [6.07, 6.45) is 8.73. The fraction of sp³-hybridized carbons (Fsp3) is 0.643. The van der Waals surface area contributed by atoms with Crippen LogP contribution in [0.15, 0.2) is 6.20 Å². The van der Waals surface area contributed by atoms with Gasteiger partial charge in [0.15, 0.2) is 0 Å². The second kappa shape index (κ2) is 5.15. The molecule has 1 fully saturated rings. The van der Waals surface area contributed by atoms with Gasteiger partial charge in [0.2, 0.25) is 11.9 Å². The first-order valence-corrected chi connectivity index (χ1v) is 7.10. The first kappa shape index (κ1) is 12.4. The van der Waals surface area contributed by atoms with Gasteiger partial charge in [-0.3, -0.25) is 4.79 Å². The first-order chi connectivity index (χ1) is 9.22. The van der Waals surface area contributed by atoms with Gasteiger partial charge in [-0.15, -0.1) is 0 Å². The highest BCUT2D eigenvalue weighted by molar-refractivity contribution is 5.77. The summed E-state index contributed by atoms with van der Waals surface area (Å²) < 4.78 is 0. The molecule has 2 aliphatic rings. The molecular formula is C14H20N4O. The van der Waals surface area contributed by atoms with Gasteiger partial charge >= 0.3 is 0 Å². The molecule has 0 saturated heterocycles. The minimum atomic E-state index is 0.253. The fourth-order valence-electron chi connectivity index (χ4n) is 3.11. The average Bonchev–Trinajstić information content (AvgIpc) is 2.83. The van der Waals surface area contributed by atoms with Gasteiger partial charge in [-0.05, 0) is 18.8 Å². The lowest BCUT2D eigenvalue weighted by atomic mass is 9.87. The third kappa shape index (κ3) is 2.69. The SMILES string of the molecule is Nc1ncc2c(n1)CN(C(=O)CC1CCCCC1)C2. The topological polar surface area (TPSA) is 72.1 Å². The van der Waals surface area contributed by atoms with Gasteiger partial charge in [0.05, 0.1) is 12.2 Å². The van der Waals surface area contributed by atoms with Gasteiger partial charge in [-0.1, -0.05) is 19.3 Å². The number of rotatable bonds is 2. The van der Waals surface area contributed by atoms with Crippen molar-refractivity contribution in [2.75, 3.05) is 5.73 Å². The van der Waals surface area contributed by atoms with E-state index in [1.807, 2.05) is 4.90 Å². The quantitative estimate of drug-likeness (QED) is 0.881. The molecule has 0 spiro atoms. The molecule has 5 nitrogen and oxygen atoms in total. The molecular weight excluding hydrogens is 240 g/mol. The molecule has 1 amide bonds. The summed E-state index contributed by atoms with van der Waals surface area (Å²) in [6.45, 7) is 1.23. The molecule has 19 heavy (non-hydrogen) atoms. The summed E-state index contributed by atoms with van der Waals surface area (Å²) in [5.74, 6) is 1.13. The van der Waals surface area contributed by atoms with Crippen LogP contribution in [-0.2, 0) is 17.9 Å². The van der Waals surface area contributed by atoms with Crippen LogP contribution in [0.1, 0.15) is 49.8 Å². The van der Waals surface area contributed by atoms with Crippen molar-refractivity contribution in [3.63, 3.8) is 0 Å². The molecule has 1 aromatic rings. The number of hydrogen-bond acceptors (Lipinski definition) is 4. The van der Waals surface area contributed by atoms with Crippen LogP contribution in [0.2, 0.25) is 0 Å². The van der Waals surface area contributed by atoms with Crippen LogP contribution in [0.25, 0.3) is 0 Å². The predicted molar refractivity (Wildman–Crippen MR) is 71.9 cm³/mol. The first-order valence-electron chi connectivity index (χ1n) is 7.10. The maximum absolute atomic E-state index is 12.3. The van der Waals surface area contributed by atoms with E-state index in [1.54, 1.807) is 6.20 Å². The number of nitrogen functional groups attached to an aromatic ring is 1. The lowest BCUT2D eigenvalue weighted by Crippen LogP contribution is -2.28. The summed E-state index contributed by atoms with van der Waals surface area (Å²) >= 11 is 0. The molecule has 5 heteroatoms. The zero-order valence-electron chi connectivity index (χ0n) is 11.1. The minimum Gasteiger partial charge on any atom is -0.368 e. The zero-order valence-corrected chi connectivity index (χ0v) is 11.1. The summed E-state index contributed by atoms with van der Waals surface area (Å²) in [5.41, 5.74) is 7.52. The van der Waals surface area contributed by atoms with Crippen molar-refractivity contribution in [3.8, 4) is 0 Å². The van der Waals surface area contributed by atoms with E-state index >= 15 is 0 Å². The molecule has 1 aliphatic heterocycles. The van der Waals surface area contributed by atoms with Crippen LogP contribution >= 0.6 is 0 Å². The minimum absolute atomic E-state index is 0.253. The Morgan fingerprint density at radius 2 is 2.11 bits per heavy atom. The molecule has 1 aliphatic carbocycles. The van der Waals surface area contributed by atoms with Gasteiger partial charge in [-0.2, -0.15) is 0 Å². The third-order valence-electron chi connectivity index (χ3n) is 4.22. The fourth-order valence-corrected chi connectivity index (χ4v) is 3.11. The molecule has 0 radical (unpaired) electrons. The Balaban J connectivity index is 1.60. The highest BCUT2D eigenvalue weighted by atomic mass is 16.2. The molecule has 0 unspecified atom stereocenters. The lowest BCUT2D eigenvalue weighted by Gasteiger charge is -2.23. The summed E-state index contributed by atoms with van der Waals surface area (Å²) in [5, 5.41) is 0. The van der Waals surface area contributed by atoms with E-state index in [0.29, 0.717) is 31.4 Å². The van der Waals surface area contributed by atoms with Gasteiger partial charge < -0.3 is 10.6 Å². The number of anilines is 1. The Kier molecular flexibility index (Phi) is 3.36. The Labute approximate surface area is 113 Å². The lowest BCUT2D eigenvalue weighted by molar-refractivity contribution is -0.133. The molecule has 0 aromatic carbocycles. The highest BCUT2D eigenvalue weighted by Gasteiger charge is 2.27. The standard InChI is InChI=1S/C14H20N4O/c15-14-16-7-11-8-18(9-12(11)17-14)13(19)6-10-4-2-1-3-5-10/h7,10H,1-6,8-9H2,(H2,15,16,17). The van der Waals surface area contributed by atoms with Gasteiger partial charge in [0.25, 0.3) is 0 Å². The van der Waals surface area contributed by atoms with Crippen molar-refractivity contribution in [1.29, 1.82) is 0 Å². The van der Waals surface area contributed by atoms with Gasteiger partial charge in [0.1, 0.15) is 0 Å². The maximum Gasteiger partial charge on any atom is 0.223 e. The van der Waals surface area contributed by atoms with Crippen LogP contribution in [0.5, 0.6) is 0 Å². The molecule has 1 saturated carbocycles. The molecule has 0 atom stereocenters. The van der Waals surface area contributed by atoms with E-state index in [4.69, 9.17) is 5.73 Å². The van der Waals surface area contributed by atoms with E-state index in [2.05, 4.69) is 9.97 Å². The van der Waals surface area contributed by atoms with Crippen molar-refractivity contribution in [2.24, 2.45) is 5.92 Å². The number of hydrogen-bond donors (Lipinski definition) is 1. The van der Waals surface area contributed by atoms with Crippen LogP contribution in [0.3, 0.4) is 0 Å². The average molecular weight is 260 g/mol. The Morgan fingerprint density at radius 1 is 1.32 bits per heavy atom. The number of fused-ring (bicyclic) bond motifs is 1. The summed E-state index contributed by atoms with van der Waals surface area (Å²) in [4.78, 5) is 22.4. The van der Waals surface area contributed by atoms with Crippen molar-refractivity contribution >= 4 is 11.9 Å². The van der Waals surface area contributed by atoms with E-state index in [9.17, 15) is 4.79 Å². The Hall–Kier alpha value is -1.65. The third-order valence-corrected chi connectivity index (χ3v) is 4.22. The normalized spacial score (nSPS) is 19.5. The van der Waals surface area contributed by atoms with Crippen LogP contribution in [0.4, 0.5) is 5.95 Å². The number of carbonyl (C=O) groups is 1. The van der Waals surface area contributed by atoms with E-state index in [-0.39, 0.29) is 5.91 Å². The second-order valence-electron chi connectivity index (χ2n) is 5.66. The second-order valence-corrected chi connectivity index (χ2v) is 5.66. The number of nitrogens with zero attached hydrogens (tertiary/aromatic N) is 3. The van der Waals surface area contributed by atoms with Crippen LogP contribution in [0, 0.1) is 5.92 Å². The molecule has 102 valence electrons. The Morgan fingerprint density at radius 3 is 2.89 bits per heavy atom. The number of amides is 1. The highest BCUT2D eigenvalue weighted by Crippen LogP contribution is 2.28. The summed E-state index contributed by atoms with van der Waals surface area (Å²) in [7, 11) is 0. The van der Waals surface area contributed by atoms with Crippen molar-refractivity contribution < 1.29 is 4.79 Å². The monoisotopic (exact) mass is 260 g/mol. The zero-order chi connectivity index (χ0) is 13.2. The van der Waals surface area contributed by atoms with Crippen molar-refractivity contribution in [3.05, 3.63) is 17.5 Å². The number of carbonyl (C=O) groups excluding carboxylic acids is 1. The van der Waals surface area contributed by atoms with Crippen molar-refractivity contribution in [1.82, 2.24) is 14.9 Å². The Bertz CT molecular complexity index is 482. The van der Waals surface area contributed by atoms with Crippen LogP contribution < -0.4 is 5.73 Å². The number of aromatic nitrogens is 2. The van der Waals surface area contributed by atoms with E-state index in [1.165, 1.54) is 32.1 Å². The molecule has 2 heterocycles. The molecule has 0 bridgehead atoms. The van der Waals surface area contributed by atoms with Gasteiger partial charge in [0, 0.05) is 24.7 Å². The van der Waals surface area contributed by atoms with Crippen LogP contribution in [-0.4, -0.2) is 20.8 Å². The molecule has 1 aromatic heterocycles. The molecule has 3 rings (SSSR count). The largest absolute Gasteiger partial charge is 0.368 e. The smallest absolute Gasteiger partial charge is 0.223 e. The van der Waals surface area contributed by atoms with E-state index < -0.39 is 0 Å². The van der Waals surface area contributed by atoms with E-state index in [0.717, 1.165) is 11.3 Å². The number of nitrogens with two attached hydrogens (primary N) is 1. The van der Waals surface area contributed by atoms with Crippen molar-refractivity contribution in [2.45, 2.75) is 51.6 Å². The summed E-state index contributed by atoms with van der Waals surface area (Å²) in [6, 6.07) is 0.